The molecule has 22 heavy (non-hydrogen) atoms. The lowest BCUT2D eigenvalue weighted by molar-refractivity contribution is 0.0995. The SMILES string of the molecule is O=C(N=Nc1c(O)[nH]c2ccc(Br)cc12)c1ccc(F)cc1. The molecule has 1 amide bonds. The zero-order valence-electron chi connectivity index (χ0n) is 11.0. The van der Waals surface area contributed by atoms with Crippen molar-refractivity contribution in [3.63, 3.8) is 0 Å². The zero-order chi connectivity index (χ0) is 15.7. The number of rotatable bonds is 2. The van der Waals surface area contributed by atoms with Crippen molar-refractivity contribution in [2.24, 2.45) is 10.2 Å². The third-order valence-corrected chi connectivity index (χ3v) is 3.54. The van der Waals surface area contributed by atoms with E-state index in [1.54, 1.807) is 12.1 Å². The summed E-state index contributed by atoms with van der Waals surface area (Å²) in [6, 6.07) is 10.3. The maximum Gasteiger partial charge on any atom is 0.295 e. The molecule has 2 N–H and O–H groups in total. The van der Waals surface area contributed by atoms with Crippen LogP contribution >= 0.6 is 15.9 Å². The molecule has 0 aliphatic heterocycles. The number of nitrogens with one attached hydrogen (secondary N) is 1. The first-order chi connectivity index (χ1) is 10.5. The summed E-state index contributed by atoms with van der Waals surface area (Å²) in [6.07, 6.45) is 0. The molecule has 110 valence electrons. The molecule has 0 unspecified atom stereocenters. The summed E-state index contributed by atoms with van der Waals surface area (Å²) in [6.45, 7) is 0. The molecule has 0 saturated carbocycles. The Morgan fingerprint density at radius 1 is 1.18 bits per heavy atom. The number of azo groups is 1. The summed E-state index contributed by atoms with van der Waals surface area (Å²) >= 11 is 3.33. The maximum atomic E-state index is 12.8. The molecule has 5 nitrogen and oxygen atoms in total. The van der Waals surface area contributed by atoms with Crippen LogP contribution < -0.4 is 0 Å². The fraction of sp³-hybridized carbons (Fsp3) is 0. The van der Waals surface area contributed by atoms with Crippen LogP contribution in [0.25, 0.3) is 10.9 Å². The van der Waals surface area contributed by atoms with Crippen LogP contribution in [0.5, 0.6) is 5.88 Å². The van der Waals surface area contributed by atoms with E-state index in [0.717, 1.165) is 4.47 Å². The number of benzene rings is 2. The van der Waals surface area contributed by atoms with E-state index >= 15 is 0 Å². The Morgan fingerprint density at radius 3 is 2.64 bits per heavy atom. The maximum absolute atomic E-state index is 12.8. The molecule has 1 aromatic heterocycles. The molecular weight excluding hydrogens is 353 g/mol. The highest BCUT2D eigenvalue weighted by Crippen LogP contribution is 2.36. The number of carbonyl (C=O) groups excluding carboxylic acids is 1. The number of nitrogens with zero attached hydrogens (tertiary/aromatic N) is 2. The average molecular weight is 362 g/mol. The summed E-state index contributed by atoms with van der Waals surface area (Å²) in [5, 5.41) is 17.9. The number of aromatic nitrogens is 1. The van der Waals surface area contributed by atoms with Crippen molar-refractivity contribution < 1.29 is 14.3 Å². The fourth-order valence-corrected chi connectivity index (χ4v) is 2.34. The Morgan fingerprint density at radius 2 is 1.91 bits per heavy atom. The summed E-state index contributed by atoms with van der Waals surface area (Å²) in [5.41, 5.74) is 1.06. The van der Waals surface area contributed by atoms with Crippen LogP contribution in [-0.4, -0.2) is 16.0 Å². The standard InChI is InChI=1S/C15H9BrFN3O2/c16-9-3-6-12-11(7-9)13(15(22)18-12)19-20-14(21)8-1-4-10(17)5-2-8/h1-7,18,22H. The number of H-pyrrole nitrogens is 1. The molecule has 0 aliphatic rings. The Bertz CT molecular complexity index is 888. The number of aromatic amines is 1. The second kappa shape index (κ2) is 5.69. The second-order valence-corrected chi connectivity index (χ2v) is 5.44. The monoisotopic (exact) mass is 361 g/mol. The van der Waals surface area contributed by atoms with Crippen LogP contribution in [0.4, 0.5) is 10.1 Å². The molecule has 0 atom stereocenters. The molecule has 7 heteroatoms. The van der Waals surface area contributed by atoms with Crippen molar-refractivity contribution in [2.45, 2.75) is 0 Å². The van der Waals surface area contributed by atoms with E-state index in [0.29, 0.717) is 10.9 Å². The number of amides is 1. The number of hydrogen-bond donors (Lipinski definition) is 2. The lowest BCUT2D eigenvalue weighted by Crippen LogP contribution is -1.93. The van der Waals surface area contributed by atoms with Gasteiger partial charge in [-0.2, -0.15) is 0 Å². The molecule has 1 heterocycles. The molecule has 0 spiro atoms. The number of aromatic hydroxyl groups is 1. The zero-order valence-corrected chi connectivity index (χ0v) is 12.6. The smallest absolute Gasteiger partial charge is 0.295 e. The van der Waals surface area contributed by atoms with Gasteiger partial charge in [0.15, 0.2) is 5.69 Å². The summed E-state index contributed by atoms with van der Waals surface area (Å²) in [7, 11) is 0. The summed E-state index contributed by atoms with van der Waals surface area (Å²) < 4.78 is 13.6. The third-order valence-electron chi connectivity index (χ3n) is 3.05. The van der Waals surface area contributed by atoms with E-state index in [-0.39, 0.29) is 17.1 Å². The van der Waals surface area contributed by atoms with Crippen molar-refractivity contribution in [3.05, 3.63) is 58.3 Å². The van der Waals surface area contributed by atoms with Gasteiger partial charge in [-0.3, -0.25) is 4.79 Å². The lowest BCUT2D eigenvalue weighted by Gasteiger charge is -1.95. The van der Waals surface area contributed by atoms with E-state index < -0.39 is 11.7 Å². The van der Waals surface area contributed by atoms with Crippen LogP contribution in [-0.2, 0) is 0 Å². The summed E-state index contributed by atoms with van der Waals surface area (Å²) in [4.78, 5) is 14.6. The first kappa shape index (κ1) is 14.4. The van der Waals surface area contributed by atoms with Crippen LogP contribution in [0.15, 0.2) is 57.2 Å². The van der Waals surface area contributed by atoms with Crippen molar-refractivity contribution in [1.29, 1.82) is 0 Å². The van der Waals surface area contributed by atoms with Gasteiger partial charge in [0.1, 0.15) is 5.82 Å². The third kappa shape index (κ3) is 2.75. The number of carbonyl (C=O) groups is 1. The van der Waals surface area contributed by atoms with Crippen molar-refractivity contribution in [3.8, 4) is 5.88 Å². The number of halogens is 2. The van der Waals surface area contributed by atoms with Gasteiger partial charge >= 0.3 is 0 Å². The van der Waals surface area contributed by atoms with E-state index in [9.17, 15) is 14.3 Å². The number of fused-ring (bicyclic) bond motifs is 1. The average Bonchev–Trinajstić information content (AvgIpc) is 2.80. The van der Waals surface area contributed by atoms with E-state index in [1.165, 1.54) is 24.3 Å². The van der Waals surface area contributed by atoms with Crippen LogP contribution in [0.2, 0.25) is 0 Å². The highest BCUT2D eigenvalue weighted by molar-refractivity contribution is 9.10. The molecule has 3 aromatic rings. The Hall–Kier alpha value is -2.54. The molecule has 0 aliphatic carbocycles. The molecule has 0 bridgehead atoms. The second-order valence-electron chi connectivity index (χ2n) is 4.52. The number of hydrogen-bond acceptors (Lipinski definition) is 3. The van der Waals surface area contributed by atoms with Gasteiger partial charge in [0.2, 0.25) is 5.88 Å². The fourth-order valence-electron chi connectivity index (χ4n) is 1.98. The lowest BCUT2D eigenvalue weighted by atomic mass is 10.2. The minimum Gasteiger partial charge on any atom is -0.493 e. The van der Waals surface area contributed by atoms with Crippen molar-refractivity contribution >= 4 is 38.4 Å². The minimum absolute atomic E-state index is 0.173. The van der Waals surface area contributed by atoms with Gasteiger partial charge in [-0.15, -0.1) is 10.2 Å². The highest BCUT2D eigenvalue weighted by atomic mass is 79.9. The van der Waals surface area contributed by atoms with Gasteiger partial charge in [0, 0.05) is 15.4 Å². The Kier molecular flexibility index (Phi) is 3.72. The van der Waals surface area contributed by atoms with Crippen LogP contribution in [0.1, 0.15) is 10.4 Å². The minimum atomic E-state index is -0.622. The van der Waals surface area contributed by atoms with E-state index in [1.807, 2.05) is 6.07 Å². The van der Waals surface area contributed by atoms with Crippen LogP contribution in [0.3, 0.4) is 0 Å². The largest absolute Gasteiger partial charge is 0.493 e. The van der Waals surface area contributed by atoms with Crippen molar-refractivity contribution in [2.75, 3.05) is 0 Å². The molecule has 0 saturated heterocycles. The highest BCUT2D eigenvalue weighted by Gasteiger charge is 2.12. The Labute approximate surface area is 132 Å². The topological polar surface area (TPSA) is 77.8 Å². The van der Waals surface area contributed by atoms with Gasteiger partial charge in [-0.1, -0.05) is 15.9 Å². The van der Waals surface area contributed by atoms with Gasteiger partial charge in [0.25, 0.3) is 5.91 Å². The predicted molar refractivity (Wildman–Crippen MR) is 82.9 cm³/mol. The van der Waals surface area contributed by atoms with Gasteiger partial charge < -0.3 is 10.1 Å². The van der Waals surface area contributed by atoms with Crippen LogP contribution in [0, 0.1) is 5.82 Å². The first-order valence-electron chi connectivity index (χ1n) is 6.26. The van der Waals surface area contributed by atoms with Gasteiger partial charge in [0.05, 0.1) is 5.52 Å². The van der Waals surface area contributed by atoms with E-state index in [2.05, 4.69) is 31.1 Å². The molecular formula is C15H9BrFN3O2. The molecule has 2 aromatic carbocycles. The molecule has 0 fully saturated rings. The normalized spacial score (nSPS) is 11.4. The predicted octanol–water partition coefficient (Wildman–Crippen LogP) is 4.70. The first-order valence-corrected chi connectivity index (χ1v) is 7.06. The van der Waals surface area contributed by atoms with Gasteiger partial charge in [-0.05, 0) is 42.5 Å². The van der Waals surface area contributed by atoms with E-state index in [4.69, 9.17) is 0 Å². The van der Waals surface area contributed by atoms with Crippen molar-refractivity contribution in [1.82, 2.24) is 4.98 Å². The quantitative estimate of drug-likeness (QED) is 0.649. The van der Waals surface area contributed by atoms with Gasteiger partial charge in [-0.25, -0.2) is 4.39 Å². The Balaban J connectivity index is 1.95. The molecule has 0 radical (unpaired) electrons. The summed E-state index contributed by atoms with van der Waals surface area (Å²) in [5.74, 6) is -1.24. The molecule has 3 rings (SSSR count).